The van der Waals surface area contributed by atoms with Gasteiger partial charge < -0.3 is 15.7 Å². The summed E-state index contributed by atoms with van der Waals surface area (Å²) in [7, 11) is 0. The van der Waals surface area contributed by atoms with E-state index in [0.717, 1.165) is 12.1 Å². The Balaban J connectivity index is 2.18. The van der Waals surface area contributed by atoms with Crippen LogP contribution >= 0.6 is 0 Å². The Kier molecular flexibility index (Phi) is 5.77. The van der Waals surface area contributed by atoms with E-state index in [9.17, 15) is 9.90 Å². The number of nitrogens with one attached hydrogen (secondary N) is 2. The van der Waals surface area contributed by atoms with Crippen LogP contribution in [0.25, 0.3) is 5.65 Å². The lowest BCUT2D eigenvalue weighted by Crippen LogP contribution is -2.53. The lowest BCUT2D eigenvalue weighted by Gasteiger charge is -2.30. The normalized spacial score (nSPS) is 15.2. The van der Waals surface area contributed by atoms with Gasteiger partial charge in [-0.25, -0.2) is 4.79 Å². The van der Waals surface area contributed by atoms with Crippen molar-refractivity contribution < 1.29 is 9.90 Å². The second-order valence-corrected chi connectivity index (χ2v) is 6.78. The van der Waals surface area contributed by atoms with Crippen molar-refractivity contribution in [2.45, 2.75) is 52.1 Å². The number of urea groups is 1. The Labute approximate surface area is 142 Å². The van der Waals surface area contributed by atoms with Gasteiger partial charge in [-0.1, -0.05) is 33.3 Å². The zero-order chi connectivity index (χ0) is 17.7. The Hall–Kier alpha value is -2.15. The molecule has 132 valence electrons. The first-order chi connectivity index (χ1) is 11.4. The number of aliphatic hydroxyl groups excluding tert-OH is 1. The Morgan fingerprint density at radius 3 is 2.75 bits per heavy atom. The minimum absolute atomic E-state index is 0.103. The van der Waals surface area contributed by atoms with Crippen molar-refractivity contribution in [1.82, 2.24) is 25.2 Å². The molecule has 0 aliphatic carbocycles. The van der Waals surface area contributed by atoms with Gasteiger partial charge in [0.15, 0.2) is 11.5 Å². The van der Waals surface area contributed by atoms with Crippen molar-refractivity contribution in [2.75, 3.05) is 6.61 Å². The van der Waals surface area contributed by atoms with Crippen LogP contribution in [0.2, 0.25) is 0 Å². The van der Waals surface area contributed by atoms with Gasteiger partial charge in [0.05, 0.1) is 18.2 Å². The fourth-order valence-electron chi connectivity index (χ4n) is 2.79. The monoisotopic (exact) mass is 333 g/mol. The maximum atomic E-state index is 12.4. The van der Waals surface area contributed by atoms with Crippen LogP contribution in [0.5, 0.6) is 0 Å². The molecule has 0 aliphatic heterocycles. The van der Waals surface area contributed by atoms with Gasteiger partial charge in [-0.2, -0.15) is 0 Å². The van der Waals surface area contributed by atoms with E-state index >= 15 is 0 Å². The van der Waals surface area contributed by atoms with Crippen LogP contribution in [-0.2, 0) is 0 Å². The third-order valence-electron chi connectivity index (χ3n) is 4.14. The van der Waals surface area contributed by atoms with Gasteiger partial charge in [0, 0.05) is 6.20 Å². The molecule has 0 aliphatic rings. The van der Waals surface area contributed by atoms with Crippen LogP contribution in [-0.4, -0.2) is 37.9 Å². The molecule has 2 heterocycles. The van der Waals surface area contributed by atoms with Crippen molar-refractivity contribution >= 4 is 11.7 Å². The molecule has 0 radical (unpaired) electrons. The first kappa shape index (κ1) is 18.2. The summed E-state index contributed by atoms with van der Waals surface area (Å²) in [6.07, 6.45) is 3.46. The molecule has 0 fully saturated rings. The average molecular weight is 333 g/mol. The van der Waals surface area contributed by atoms with Gasteiger partial charge in [-0.3, -0.25) is 4.40 Å². The molecule has 0 spiro atoms. The highest BCUT2D eigenvalue weighted by atomic mass is 16.3. The third kappa shape index (κ3) is 4.03. The number of hydrogen-bond donors (Lipinski definition) is 3. The number of rotatable bonds is 7. The van der Waals surface area contributed by atoms with E-state index in [1.165, 1.54) is 0 Å². The lowest BCUT2D eigenvalue weighted by atomic mass is 9.97. The van der Waals surface area contributed by atoms with Crippen LogP contribution in [0.3, 0.4) is 0 Å². The summed E-state index contributed by atoms with van der Waals surface area (Å²) in [4.78, 5) is 12.4. The Morgan fingerprint density at radius 2 is 2.12 bits per heavy atom. The molecule has 0 aromatic carbocycles. The number of nitrogens with zero attached hydrogens (tertiary/aromatic N) is 3. The molecule has 2 aromatic rings. The third-order valence-corrected chi connectivity index (χ3v) is 4.14. The van der Waals surface area contributed by atoms with Crippen molar-refractivity contribution in [3.8, 4) is 0 Å². The van der Waals surface area contributed by atoms with Crippen molar-refractivity contribution in [3.63, 3.8) is 0 Å². The topological polar surface area (TPSA) is 91.5 Å². The molecule has 0 saturated carbocycles. The van der Waals surface area contributed by atoms with Gasteiger partial charge in [0.2, 0.25) is 0 Å². The maximum absolute atomic E-state index is 12.4. The van der Waals surface area contributed by atoms with E-state index in [-0.39, 0.29) is 24.6 Å². The summed E-state index contributed by atoms with van der Waals surface area (Å²) in [5.41, 5.74) is 0.110. The van der Waals surface area contributed by atoms with Crippen LogP contribution in [0.4, 0.5) is 4.79 Å². The summed E-state index contributed by atoms with van der Waals surface area (Å²) in [6.45, 7) is 7.80. The largest absolute Gasteiger partial charge is 0.394 e. The van der Waals surface area contributed by atoms with Crippen molar-refractivity contribution in [3.05, 3.63) is 30.2 Å². The quantitative estimate of drug-likeness (QED) is 0.725. The number of aliphatic hydroxyl groups is 1. The molecule has 7 heteroatoms. The van der Waals surface area contributed by atoms with Crippen LogP contribution in [0, 0.1) is 5.92 Å². The summed E-state index contributed by atoms with van der Waals surface area (Å²) < 4.78 is 1.88. The molecule has 2 unspecified atom stereocenters. The SMILES string of the molecule is CCCC(C)(CO)NC(=O)NC(c1nnc2ccccn12)C(C)C. The smallest absolute Gasteiger partial charge is 0.315 e. The van der Waals surface area contributed by atoms with Crippen LogP contribution in [0.15, 0.2) is 24.4 Å². The standard InChI is InChI=1S/C17H27N5O2/c1-5-9-17(4,11-23)19-16(24)18-14(12(2)3)15-21-20-13-8-6-7-10-22(13)15/h6-8,10,12,14,23H,5,9,11H2,1-4H3,(H2,18,19,24). The highest BCUT2D eigenvalue weighted by Gasteiger charge is 2.28. The molecule has 24 heavy (non-hydrogen) atoms. The first-order valence-corrected chi connectivity index (χ1v) is 8.39. The molecular weight excluding hydrogens is 306 g/mol. The number of carbonyl (C=O) groups is 1. The summed E-state index contributed by atoms with van der Waals surface area (Å²) in [6, 6.07) is 5.08. The summed E-state index contributed by atoms with van der Waals surface area (Å²) >= 11 is 0. The number of amides is 2. The van der Waals surface area contributed by atoms with Gasteiger partial charge in [-0.15, -0.1) is 10.2 Å². The van der Waals surface area contributed by atoms with E-state index in [4.69, 9.17) is 0 Å². The minimum Gasteiger partial charge on any atom is -0.394 e. The van der Waals surface area contributed by atoms with Crippen LogP contribution in [0.1, 0.15) is 52.4 Å². The van der Waals surface area contributed by atoms with Gasteiger partial charge in [-0.05, 0) is 31.4 Å². The highest BCUT2D eigenvalue weighted by molar-refractivity contribution is 5.75. The van der Waals surface area contributed by atoms with Gasteiger partial charge in [0.1, 0.15) is 0 Å². The average Bonchev–Trinajstić information content (AvgIpc) is 2.96. The molecule has 2 aromatic heterocycles. The van der Waals surface area contributed by atoms with E-state index in [1.807, 2.05) is 56.5 Å². The predicted molar refractivity (Wildman–Crippen MR) is 92.6 cm³/mol. The molecule has 3 N–H and O–H groups in total. The Morgan fingerprint density at radius 1 is 1.38 bits per heavy atom. The summed E-state index contributed by atoms with van der Waals surface area (Å²) in [5.74, 6) is 0.826. The lowest BCUT2D eigenvalue weighted by molar-refractivity contribution is 0.160. The number of aromatic nitrogens is 3. The fourth-order valence-corrected chi connectivity index (χ4v) is 2.79. The predicted octanol–water partition coefficient (Wildman–Crippen LogP) is 2.28. The number of fused-ring (bicyclic) bond motifs is 1. The summed E-state index contributed by atoms with van der Waals surface area (Å²) in [5, 5.41) is 23.8. The molecular formula is C17H27N5O2. The number of pyridine rings is 1. The fraction of sp³-hybridized carbons (Fsp3) is 0.588. The van der Waals surface area contributed by atoms with E-state index in [1.54, 1.807) is 0 Å². The second-order valence-electron chi connectivity index (χ2n) is 6.78. The molecule has 2 amide bonds. The Bertz CT molecular complexity index is 684. The molecule has 2 rings (SSSR count). The number of carbonyl (C=O) groups excluding carboxylic acids is 1. The molecule has 7 nitrogen and oxygen atoms in total. The van der Waals surface area contributed by atoms with Crippen molar-refractivity contribution in [2.24, 2.45) is 5.92 Å². The minimum atomic E-state index is -0.632. The maximum Gasteiger partial charge on any atom is 0.315 e. The van der Waals surface area contributed by atoms with Crippen LogP contribution < -0.4 is 10.6 Å². The van der Waals surface area contributed by atoms with Crippen molar-refractivity contribution in [1.29, 1.82) is 0 Å². The molecule has 0 saturated heterocycles. The molecule has 0 bridgehead atoms. The first-order valence-electron chi connectivity index (χ1n) is 8.39. The van der Waals surface area contributed by atoms with E-state index in [0.29, 0.717) is 12.2 Å². The van der Waals surface area contributed by atoms with Gasteiger partial charge >= 0.3 is 6.03 Å². The van der Waals surface area contributed by atoms with Gasteiger partial charge in [0.25, 0.3) is 0 Å². The number of hydrogen-bond acceptors (Lipinski definition) is 4. The van der Waals surface area contributed by atoms with E-state index in [2.05, 4.69) is 20.8 Å². The van der Waals surface area contributed by atoms with E-state index < -0.39 is 5.54 Å². The molecule has 2 atom stereocenters. The zero-order valence-corrected chi connectivity index (χ0v) is 14.8. The highest BCUT2D eigenvalue weighted by Crippen LogP contribution is 2.21. The second kappa shape index (κ2) is 7.61. The zero-order valence-electron chi connectivity index (χ0n) is 14.8.